The molecule has 1 amide bonds. The van der Waals surface area contributed by atoms with Gasteiger partial charge in [0.1, 0.15) is 0 Å². The molecule has 4 heteroatoms. The van der Waals surface area contributed by atoms with Gasteiger partial charge < -0.3 is 10.1 Å². The fourth-order valence-electron chi connectivity index (χ4n) is 0.967. The molecule has 3 nitrogen and oxygen atoms in total. The molecule has 1 N–H and O–H groups in total. The van der Waals surface area contributed by atoms with Crippen molar-refractivity contribution in [2.24, 2.45) is 0 Å². The van der Waals surface area contributed by atoms with Crippen molar-refractivity contribution in [1.29, 1.82) is 0 Å². The van der Waals surface area contributed by atoms with E-state index in [-0.39, 0.29) is 11.9 Å². The minimum atomic E-state index is 0.0104. The number of hydrogen-bond donors (Lipinski definition) is 1. The molecule has 0 aromatic carbocycles. The van der Waals surface area contributed by atoms with Crippen molar-refractivity contribution < 1.29 is 4.79 Å². The Morgan fingerprint density at radius 1 is 1.89 bits per heavy atom. The Kier molecular flexibility index (Phi) is 1.76. The average molecular weight is 124 g/mol. The molecule has 1 aliphatic rings. The lowest BCUT2D eigenvalue weighted by Crippen LogP contribution is -2.51. The number of rotatable bonds is 0. The molecular formula is C5H9BN2O. The molecule has 1 aliphatic heterocycles. The van der Waals surface area contributed by atoms with Gasteiger partial charge in [0.15, 0.2) is 7.98 Å². The standard InChI is InChI=1S/C5H9BN2O/c1-4-2-8(6)3-5(9)7-4/h4H,2-3H2,1H3,(H,7,9). The van der Waals surface area contributed by atoms with Gasteiger partial charge in [0.05, 0.1) is 6.54 Å². The lowest BCUT2D eigenvalue weighted by Gasteiger charge is -2.28. The predicted molar refractivity (Wildman–Crippen MR) is 34.9 cm³/mol. The number of carbonyl (C=O) groups excluding carboxylic acids is 1. The molecule has 48 valence electrons. The number of nitrogens with zero attached hydrogens (tertiary/aromatic N) is 1. The van der Waals surface area contributed by atoms with Crippen LogP contribution in [0.3, 0.4) is 0 Å². The molecule has 9 heavy (non-hydrogen) atoms. The fourth-order valence-corrected chi connectivity index (χ4v) is 0.967. The van der Waals surface area contributed by atoms with E-state index in [1.807, 2.05) is 6.92 Å². The first kappa shape index (κ1) is 6.61. The molecular weight excluding hydrogens is 115 g/mol. The fraction of sp³-hybridized carbons (Fsp3) is 0.800. The van der Waals surface area contributed by atoms with E-state index in [0.29, 0.717) is 6.54 Å². The highest BCUT2D eigenvalue weighted by Crippen LogP contribution is 1.93. The molecule has 1 unspecified atom stereocenters. The first-order valence-electron chi connectivity index (χ1n) is 2.97. The summed E-state index contributed by atoms with van der Waals surface area (Å²) in [7, 11) is 5.39. The highest BCUT2D eigenvalue weighted by molar-refractivity contribution is 6.06. The van der Waals surface area contributed by atoms with E-state index in [9.17, 15) is 4.79 Å². The Hall–Kier alpha value is -0.505. The van der Waals surface area contributed by atoms with E-state index < -0.39 is 0 Å². The van der Waals surface area contributed by atoms with E-state index in [0.717, 1.165) is 6.54 Å². The zero-order valence-corrected chi connectivity index (χ0v) is 5.42. The van der Waals surface area contributed by atoms with E-state index in [1.54, 1.807) is 0 Å². The van der Waals surface area contributed by atoms with Gasteiger partial charge in [-0.05, 0) is 6.92 Å². The maximum Gasteiger partial charge on any atom is 0.233 e. The van der Waals surface area contributed by atoms with E-state index in [2.05, 4.69) is 5.32 Å². The van der Waals surface area contributed by atoms with Crippen LogP contribution in [0.25, 0.3) is 0 Å². The van der Waals surface area contributed by atoms with Crippen LogP contribution < -0.4 is 5.32 Å². The molecule has 0 aliphatic carbocycles. The summed E-state index contributed by atoms with van der Waals surface area (Å²) in [5.74, 6) is 0.0104. The van der Waals surface area contributed by atoms with Crippen LogP contribution in [-0.2, 0) is 4.79 Å². The Labute approximate surface area is 55.8 Å². The molecule has 0 aromatic heterocycles. The van der Waals surface area contributed by atoms with Crippen molar-refractivity contribution in [3.05, 3.63) is 0 Å². The normalized spacial score (nSPS) is 29.9. The summed E-state index contributed by atoms with van der Waals surface area (Å²) in [6, 6.07) is 0.191. The van der Waals surface area contributed by atoms with Gasteiger partial charge in [-0.2, -0.15) is 0 Å². The van der Waals surface area contributed by atoms with E-state index in [1.165, 1.54) is 4.81 Å². The van der Waals surface area contributed by atoms with Gasteiger partial charge in [0, 0.05) is 12.6 Å². The molecule has 1 atom stereocenters. The van der Waals surface area contributed by atoms with Gasteiger partial charge in [-0.3, -0.25) is 4.79 Å². The van der Waals surface area contributed by atoms with E-state index in [4.69, 9.17) is 7.98 Å². The minimum absolute atomic E-state index is 0.0104. The second-order valence-electron chi connectivity index (χ2n) is 2.40. The highest BCUT2D eigenvalue weighted by Gasteiger charge is 2.16. The molecule has 0 bridgehead atoms. The molecule has 0 aromatic rings. The van der Waals surface area contributed by atoms with Crippen molar-refractivity contribution >= 4 is 13.9 Å². The van der Waals surface area contributed by atoms with Crippen molar-refractivity contribution in [3.8, 4) is 0 Å². The summed E-state index contributed by atoms with van der Waals surface area (Å²) in [5.41, 5.74) is 0. The predicted octanol–water partition coefficient (Wildman–Crippen LogP) is -1.11. The number of carbonyl (C=O) groups is 1. The quantitative estimate of drug-likeness (QED) is 0.415. The SMILES string of the molecule is [B]N1CC(=O)NC(C)C1. The van der Waals surface area contributed by atoms with Crippen LogP contribution in [0.2, 0.25) is 0 Å². The second-order valence-corrected chi connectivity index (χ2v) is 2.40. The number of piperazine rings is 1. The first-order valence-corrected chi connectivity index (χ1v) is 2.97. The number of amides is 1. The molecule has 0 spiro atoms. The third-order valence-electron chi connectivity index (χ3n) is 1.26. The van der Waals surface area contributed by atoms with Gasteiger partial charge in [0.2, 0.25) is 5.91 Å². The van der Waals surface area contributed by atoms with Gasteiger partial charge in [-0.25, -0.2) is 0 Å². The Balaban J connectivity index is 2.43. The summed E-state index contributed by atoms with van der Waals surface area (Å²) in [6.45, 7) is 2.99. The largest absolute Gasteiger partial charge is 0.351 e. The molecule has 2 radical (unpaired) electrons. The zero-order chi connectivity index (χ0) is 6.85. The van der Waals surface area contributed by atoms with Crippen LogP contribution in [0.15, 0.2) is 0 Å². The first-order chi connectivity index (χ1) is 4.18. The van der Waals surface area contributed by atoms with Crippen molar-refractivity contribution in [2.75, 3.05) is 13.1 Å². The topological polar surface area (TPSA) is 32.3 Å². The van der Waals surface area contributed by atoms with Crippen LogP contribution in [-0.4, -0.2) is 37.8 Å². The van der Waals surface area contributed by atoms with Gasteiger partial charge >= 0.3 is 0 Å². The zero-order valence-electron chi connectivity index (χ0n) is 5.42. The van der Waals surface area contributed by atoms with Gasteiger partial charge in [-0.1, -0.05) is 0 Å². The van der Waals surface area contributed by atoms with Crippen LogP contribution in [0, 0.1) is 0 Å². The second kappa shape index (κ2) is 2.39. The van der Waals surface area contributed by atoms with Crippen molar-refractivity contribution in [3.63, 3.8) is 0 Å². The van der Waals surface area contributed by atoms with E-state index >= 15 is 0 Å². The number of nitrogens with one attached hydrogen (secondary N) is 1. The van der Waals surface area contributed by atoms with Crippen molar-refractivity contribution in [2.45, 2.75) is 13.0 Å². The average Bonchev–Trinajstić information content (AvgIpc) is 1.59. The number of hydrogen-bond acceptors (Lipinski definition) is 2. The summed E-state index contributed by atoms with van der Waals surface area (Å²) in [4.78, 5) is 12.2. The van der Waals surface area contributed by atoms with Crippen LogP contribution >= 0.6 is 0 Å². The summed E-state index contributed by atoms with van der Waals surface area (Å²) >= 11 is 0. The smallest absolute Gasteiger partial charge is 0.233 e. The summed E-state index contributed by atoms with van der Waals surface area (Å²) < 4.78 is 0. The molecule has 1 saturated heterocycles. The lowest BCUT2D eigenvalue weighted by atomic mass is 10.1. The molecule has 1 rings (SSSR count). The Bertz CT molecular complexity index is 116. The Morgan fingerprint density at radius 2 is 2.56 bits per heavy atom. The Morgan fingerprint density at radius 3 is 3.00 bits per heavy atom. The minimum Gasteiger partial charge on any atom is -0.351 e. The molecule has 0 saturated carbocycles. The molecule has 1 fully saturated rings. The van der Waals surface area contributed by atoms with Gasteiger partial charge in [0.25, 0.3) is 0 Å². The summed E-state index contributed by atoms with van der Waals surface area (Å²) in [6.07, 6.45) is 0. The maximum atomic E-state index is 10.7. The highest BCUT2D eigenvalue weighted by atomic mass is 16.2. The third kappa shape index (κ3) is 1.71. The molecule has 1 heterocycles. The third-order valence-corrected chi connectivity index (χ3v) is 1.26. The van der Waals surface area contributed by atoms with Crippen molar-refractivity contribution in [1.82, 2.24) is 10.1 Å². The van der Waals surface area contributed by atoms with Crippen LogP contribution in [0.4, 0.5) is 0 Å². The maximum absolute atomic E-state index is 10.7. The lowest BCUT2D eigenvalue weighted by molar-refractivity contribution is -0.123. The van der Waals surface area contributed by atoms with Crippen LogP contribution in [0.1, 0.15) is 6.92 Å². The van der Waals surface area contributed by atoms with Crippen LogP contribution in [0.5, 0.6) is 0 Å². The van der Waals surface area contributed by atoms with Gasteiger partial charge in [-0.15, -0.1) is 0 Å². The summed E-state index contributed by atoms with van der Waals surface area (Å²) in [5, 5.41) is 2.75. The monoisotopic (exact) mass is 124 g/mol.